The van der Waals surface area contributed by atoms with Crippen LogP contribution in [0.25, 0.3) is 0 Å². The van der Waals surface area contributed by atoms with Gasteiger partial charge in [0.1, 0.15) is 6.04 Å². The molecule has 2 aromatic carbocycles. The van der Waals surface area contributed by atoms with Crippen LogP contribution in [0.15, 0.2) is 42.5 Å². The summed E-state index contributed by atoms with van der Waals surface area (Å²) in [5.41, 5.74) is 8.29. The Morgan fingerprint density at radius 3 is 2.33 bits per heavy atom. The Labute approximate surface area is 223 Å². The highest BCUT2D eigenvalue weighted by Crippen LogP contribution is 2.22. The highest BCUT2D eigenvalue weighted by Gasteiger charge is 2.21. The Kier molecular flexibility index (Phi) is 11.8. The molecule has 0 spiro atoms. The fourth-order valence-corrected chi connectivity index (χ4v) is 4.63. The van der Waals surface area contributed by atoms with Crippen LogP contribution < -0.4 is 27.0 Å². The lowest BCUT2D eigenvalue weighted by molar-refractivity contribution is -0.118. The van der Waals surface area contributed by atoms with Crippen LogP contribution in [0.3, 0.4) is 0 Å². The number of unbranched alkanes of at least 4 members (excludes halogenated alkanes) is 1. The molecule has 9 heteroatoms. The first-order valence-electron chi connectivity index (χ1n) is 12.8. The zero-order valence-corrected chi connectivity index (χ0v) is 22.1. The van der Waals surface area contributed by atoms with Gasteiger partial charge in [-0.2, -0.15) is 0 Å². The fourth-order valence-electron chi connectivity index (χ4n) is 4.31. The van der Waals surface area contributed by atoms with Crippen molar-refractivity contribution in [3.05, 3.63) is 63.6 Å². The molecule has 0 aromatic heterocycles. The van der Waals surface area contributed by atoms with E-state index in [0.29, 0.717) is 34.7 Å². The van der Waals surface area contributed by atoms with Gasteiger partial charge in [-0.05, 0) is 74.0 Å². The summed E-state index contributed by atoms with van der Waals surface area (Å²) in [5, 5.41) is 13.0. The van der Waals surface area contributed by atoms with Gasteiger partial charge in [0.2, 0.25) is 5.91 Å². The molecule has 0 heterocycles. The summed E-state index contributed by atoms with van der Waals surface area (Å²) in [6, 6.07) is 12.5. The van der Waals surface area contributed by atoms with Crippen molar-refractivity contribution in [3.8, 4) is 0 Å². The number of amides is 3. The molecule has 3 rings (SSSR count). The summed E-state index contributed by atoms with van der Waals surface area (Å²) < 4.78 is 0. The molecule has 0 bridgehead atoms. The van der Waals surface area contributed by atoms with Gasteiger partial charge in [0.05, 0.1) is 10.0 Å². The Bertz CT molecular complexity index is 981. The topological polar surface area (TPSA) is 108 Å². The predicted octanol–water partition coefficient (Wildman–Crippen LogP) is 5.35. The first-order chi connectivity index (χ1) is 17.4. The zero-order valence-electron chi connectivity index (χ0n) is 20.6. The number of benzene rings is 2. The van der Waals surface area contributed by atoms with Crippen molar-refractivity contribution in [1.82, 2.24) is 16.0 Å². The van der Waals surface area contributed by atoms with E-state index in [-0.39, 0.29) is 12.5 Å². The largest absolute Gasteiger partial charge is 0.334 e. The molecule has 3 amide bonds. The molecule has 1 atom stereocenters. The van der Waals surface area contributed by atoms with Gasteiger partial charge < -0.3 is 27.0 Å². The highest BCUT2D eigenvalue weighted by molar-refractivity contribution is 6.42. The van der Waals surface area contributed by atoms with E-state index in [1.807, 2.05) is 24.3 Å². The second-order valence-corrected chi connectivity index (χ2v) is 10.1. The minimum absolute atomic E-state index is 0.259. The minimum atomic E-state index is -0.682. The highest BCUT2D eigenvalue weighted by atomic mass is 35.5. The molecule has 1 saturated carbocycles. The lowest BCUT2D eigenvalue weighted by atomic mass is 9.95. The van der Waals surface area contributed by atoms with Crippen LogP contribution in [0, 0.1) is 0 Å². The molecule has 0 saturated heterocycles. The van der Waals surface area contributed by atoms with Gasteiger partial charge in [0.15, 0.2) is 0 Å². The van der Waals surface area contributed by atoms with E-state index in [2.05, 4.69) is 21.3 Å². The number of carbonyl (C=O) groups is 2. The summed E-state index contributed by atoms with van der Waals surface area (Å²) in [7, 11) is 0. The van der Waals surface area contributed by atoms with Crippen molar-refractivity contribution < 1.29 is 9.59 Å². The first kappa shape index (κ1) is 28.3. The molecule has 1 aliphatic rings. The zero-order chi connectivity index (χ0) is 25.8. The molecule has 1 aliphatic carbocycles. The maximum atomic E-state index is 13.0. The van der Waals surface area contributed by atoms with Gasteiger partial charge in [-0.3, -0.25) is 4.79 Å². The van der Waals surface area contributed by atoms with Crippen molar-refractivity contribution >= 4 is 40.8 Å². The molecule has 0 radical (unpaired) electrons. The van der Waals surface area contributed by atoms with E-state index in [4.69, 9.17) is 28.9 Å². The maximum absolute atomic E-state index is 13.0. The number of urea groups is 1. The van der Waals surface area contributed by atoms with Crippen molar-refractivity contribution in [2.45, 2.75) is 76.5 Å². The van der Waals surface area contributed by atoms with Crippen LogP contribution in [0.4, 0.5) is 10.5 Å². The Balaban J connectivity index is 1.50. The van der Waals surface area contributed by atoms with Gasteiger partial charge in [0, 0.05) is 24.8 Å². The molecule has 6 N–H and O–H groups in total. The number of hydrogen-bond donors (Lipinski definition) is 5. The van der Waals surface area contributed by atoms with E-state index in [0.717, 1.165) is 24.9 Å². The van der Waals surface area contributed by atoms with Crippen LogP contribution in [0.1, 0.15) is 62.5 Å². The number of hydrogen-bond acceptors (Lipinski definition) is 4. The Morgan fingerprint density at radius 1 is 0.917 bits per heavy atom. The molecule has 7 nitrogen and oxygen atoms in total. The standard InChI is InChI=1S/C27H37Cl2N5O2/c28-23-14-11-20(16-24(23)29)18-32-27(36)34-25(8-4-5-15-30)26(35)33-22-12-9-19(10-13-22)17-31-21-6-2-1-3-7-21/h9-14,16,21,25,31H,1-8,15,17-18,30H2,(H,33,35)(H2,32,34,36). The van der Waals surface area contributed by atoms with Crippen molar-refractivity contribution in [2.75, 3.05) is 11.9 Å². The summed E-state index contributed by atoms with van der Waals surface area (Å²) in [5.74, 6) is -0.259. The summed E-state index contributed by atoms with van der Waals surface area (Å²) >= 11 is 12.0. The van der Waals surface area contributed by atoms with E-state index in [1.54, 1.807) is 18.2 Å². The van der Waals surface area contributed by atoms with Crippen LogP contribution in [-0.2, 0) is 17.9 Å². The predicted molar refractivity (Wildman–Crippen MR) is 147 cm³/mol. The average Bonchev–Trinajstić information content (AvgIpc) is 2.89. The molecule has 0 aliphatic heterocycles. The normalized spacial score (nSPS) is 14.8. The Morgan fingerprint density at radius 2 is 1.64 bits per heavy atom. The maximum Gasteiger partial charge on any atom is 0.315 e. The Hall–Kier alpha value is -2.32. The molecule has 36 heavy (non-hydrogen) atoms. The summed E-state index contributed by atoms with van der Waals surface area (Å²) in [4.78, 5) is 25.5. The van der Waals surface area contributed by atoms with E-state index >= 15 is 0 Å². The van der Waals surface area contributed by atoms with Gasteiger partial charge in [0.25, 0.3) is 0 Å². The third-order valence-corrected chi connectivity index (χ3v) is 7.17. The van der Waals surface area contributed by atoms with E-state index < -0.39 is 12.1 Å². The number of halogens is 2. The van der Waals surface area contributed by atoms with Crippen LogP contribution in [0.2, 0.25) is 10.0 Å². The third-order valence-electron chi connectivity index (χ3n) is 6.43. The monoisotopic (exact) mass is 533 g/mol. The van der Waals surface area contributed by atoms with Crippen molar-refractivity contribution in [1.29, 1.82) is 0 Å². The first-order valence-corrected chi connectivity index (χ1v) is 13.5. The molecular weight excluding hydrogens is 497 g/mol. The average molecular weight is 535 g/mol. The number of carbonyl (C=O) groups excluding carboxylic acids is 2. The van der Waals surface area contributed by atoms with Gasteiger partial charge in [-0.15, -0.1) is 0 Å². The van der Waals surface area contributed by atoms with Gasteiger partial charge >= 0.3 is 6.03 Å². The van der Waals surface area contributed by atoms with Gasteiger partial charge in [-0.1, -0.05) is 60.7 Å². The van der Waals surface area contributed by atoms with E-state index in [9.17, 15) is 9.59 Å². The molecule has 196 valence electrons. The number of nitrogens with one attached hydrogen (secondary N) is 4. The minimum Gasteiger partial charge on any atom is -0.334 e. The SMILES string of the molecule is NCCCCC(NC(=O)NCc1ccc(Cl)c(Cl)c1)C(=O)Nc1ccc(CNC2CCCCC2)cc1. The number of rotatable bonds is 12. The molecule has 1 unspecified atom stereocenters. The lowest BCUT2D eigenvalue weighted by Crippen LogP contribution is -2.47. The van der Waals surface area contributed by atoms with Crippen molar-refractivity contribution in [3.63, 3.8) is 0 Å². The second kappa shape index (κ2) is 15.1. The molecule has 2 aromatic rings. The quantitative estimate of drug-likeness (QED) is 0.237. The molecular formula is C27H37Cl2N5O2. The third kappa shape index (κ3) is 9.62. The number of nitrogens with two attached hydrogens (primary N) is 1. The fraction of sp³-hybridized carbons (Fsp3) is 0.481. The van der Waals surface area contributed by atoms with Crippen LogP contribution >= 0.6 is 23.2 Å². The van der Waals surface area contributed by atoms with E-state index in [1.165, 1.54) is 37.7 Å². The smallest absolute Gasteiger partial charge is 0.315 e. The van der Waals surface area contributed by atoms with Crippen LogP contribution in [-0.4, -0.2) is 30.6 Å². The summed E-state index contributed by atoms with van der Waals surface area (Å²) in [6.07, 6.45) is 8.43. The number of anilines is 1. The van der Waals surface area contributed by atoms with Crippen molar-refractivity contribution in [2.24, 2.45) is 5.73 Å². The summed E-state index contributed by atoms with van der Waals surface area (Å²) in [6.45, 7) is 1.62. The van der Waals surface area contributed by atoms with Gasteiger partial charge in [-0.25, -0.2) is 4.79 Å². The molecule has 1 fully saturated rings. The van der Waals surface area contributed by atoms with Crippen LogP contribution in [0.5, 0.6) is 0 Å². The second-order valence-electron chi connectivity index (χ2n) is 9.31. The lowest BCUT2D eigenvalue weighted by Gasteiger charge is -2.23.